The first-order valence-corrected chi connectivity index (χ1v) is 9.91. The SMILES string of the molecule is O=C(CNS(=O)(=O)c1ccc(F)cc1)Nc1ccccc1N1CCOCC1. The molecule has 1 aliphatic rings. The minimum Gasteiger partial charge on any atom is -0.378 e. The Labute approximate surface area is 157 Å². The standard InChI is InChI=1S/C18H20FN3O4S/c19-14-5-7-15(8-6-14)27(24,25)20-13-18(23)21-16-3-1-2-4-17(16)22-9-11-26-12-10-22/h1-8,20H,9-13H2,(H,21,23). The second-order valence-electron chi connectivity index (χ2n) is 5.94. The number of hydrogen-bond acceptors (Lipinski definition) is 5. The van der Waals surface area contributed by atoms with Gasteiger partial charge in [-0.2, -0.15) is 0 Å². The summed E-state index contributed by atoms with van der Waals surface area (Å²) >= 11 is 0. The summed E-state index contributed by atoms with van der Waals surface area (Å²) in [6.07, 6.45) is 0. The number of morpholine rings is 1. The molecular formula is C18H20FN3O4S. The van der Waals surface area contributed by atoms with Crippen LogP contribution in [0.3, 0.4) is 0 Å². The lowest BCUT2D eigenvalue weighted by Gasteiger charge is -2.30. The predicted molar refractivity (Wildman–Crippen MR) is 99.7 cm³/mol. The minimum atomic E-state index is -3.90. The second kappa shape index (κ2) is 8.47. The van der Waals surface area contributed by atoms with Crippen LogP contribution in [0.15, 0.2) is 53.4 Å². The van der Waals surface area contributed by atoms with Gasteiger partial charge >= 0.3 is 0 Å². The lowest BCUT2D eigenvalue weighted by Crippen LogP contribution is -2.37. The molecule has 27 heavy (non-hydrogen) atoms. The first-order valence-electron chi connectivity index (χ1n) is 8.42. The first-order chi connectivity index (χ1) is 13.0. The number of para-hydroxylation sites is 2. The van der Waals surface area contributed by atoms with Crippen LogP contribution in [-0.2, 0) is 19.6 Å². The van der Waals surface area contributed by atoms with Crippen molar-refractivity contribution in [2.24, 2.45) is 0 Å². The minimum absolute atomic E-state index is 0.106. The quantitative estimate of drug-likeness (QED) is 0.778. The molecule has 0 saturated carbocycles. The summed E-state index contributed by atoms with van der Waals surface area (Å²) in [5.41, 5.74) is 1.46. The Morgan fingerprint density at radius 2 is 1.74 bits per heavy atom. The summed E-state index contributed by atoms with van der Waals surface area (Å²) in [6, 6.07) is 11.7. The molecule has 1 saturated heterocycles. The number of carbonyl (C=O) groups is 1. The molecule has 0 spiro atoms. The van der Waals surface area contributed by atoms with Gasteiger partial charge < -0.3 is 15.0 Å². The van der Waals surface area contributed by atoms with Crippen molar-refractivity contribution in [1.82, 2.24) is 4.72 Å². The third-order valence-electron chi connectivity index (χ3n) is 4.08. The number of benzene rings is 2. The van der Waals surface area contributed by atoms with Gasteiger partial charge in [-0.1, -0.05) is 12.1 Å². The van der Waals surface area contributed by atoms with E-state index < -0.39 is 28.3 Å². The van der Waals surface area contributed by atoms with Crippen molar-refractivity contribution in [3.05, 3.63) is 54.3 Å². The van der Waals surface area contributed by atoms with Crippen LogP contribution in [0.1, 0.15) is 0 Å². The number of nitrogens with one attached hydrogen (secondary N) is 2. The molecular weight excluding hydrogens is 373 g/mol. The summed E-state index contributed by atoms with van der Waals surface area (Å²) in [5.74, 6) is -1.03. The third kappa shape index (κ3) is 5.03. The van der Waals surface area contributed by atoms with Crippen LogP contribution in [0, 0.1) is 5.82 Å². The highest BCUT2D eigenvalue weighted by Gasteiger charge is 2.18. The molecule has 0 unspecified atom stereocenters. The van der Waals surface area contributed by atoms with Crippen molar-refractivity contribution < 1.29 is 22.3 Å². The molecule has 0 aromatic heterocycles. The fourth-order valence-electron chi connectivity index (χ4n) is 2.71. The smallest absolute Gasteiger partial charge is 0.241 e. The molecule has 1 heterocycles. The van der Waals surface area contributed by atoms with E-state index in [0.29, 0.717) is 32.0 Å². The summed E-state index contributed by atoms with van der Waals surface area (Å²) in [4.78, 5) is 14.2. The molecule has 3 rings (SSSR count). The molecule has 2 aromatic carbocycles. The summed E-state index contributed by atoms with van der Waals surface area (Å²) < 4.78 is 44.8. The Morgan fingerprint density at radius 1 is 1.07 bits per heavy atom. The highest BCUT2D eigenvalue weighted by Crippen LogP contribution is 2.26. The Kier molecular flexibility index (Phi) is 6.04. The van der Waals surface area contributed by atoms with Crippen molar-refractivity contribution >= 4 is 27.3 Å². The van der Waals surface area contributed by atoms with Gasteiger partial charge in [-0.05, 0) is 36.4 Å². The zero-order valence-electron chi connectivity index (χ0n) is 14.5. The number of nitrogens with zero attached hydrogens (tertiary/aromatic N) is 1. The Bertz CT molecular complexity index is 897. The zero-order valence-corrected chi connectivity index (χ0v) is 15.3. The van der Waals surface area contributed by atoms with E-state index in [2.05, 4.69) is 14.9 Å². The van der Waals surface area contributed by atoms with Crippen molar-refractivity contribution in [3.8, 4) is 0 Å². The average molecular weight is 393 g/mol. The van der Waals surface area contributed by atoms with E-state index in [1.807, 2.05) is 12.1 Å². The highest BCUT2D eigenvalue weighted by atomic mass is 32.2. The van der Waals surface area contributed by atoms with Gasteiger partial charge in [0.25, 0.3) is 0 Å². The molecule has 7 nitrogen and oxygen atoms in total. The normalized spacial score (nSPS) is 14.8. The highest BCUT2D eigenvalue weighted by molar-refractivity contribution is 7.89. The number of hydrogen-bond donors (Lipinski definition) is 2. The van der Waals surface area contributed by atoms with E-state index in [1.165, 1.54) is 0 Å². The van der Waals surface area contributed by atoms with Crippen LogP contribution in [0.2, 0.25) is 0 Å². The largest absolute Gasteiger partial charge is 0.378 e. The molecule has 1 amide bonds. The third-order valence-corrected chi connectivity index (χ3v) is 5.49. The number of sulfonamides is 1. The van der Waals surface area contributed by atoms with E-state index in [9.17, 15) is 17.6 Å². The van der Waals surface area contributed by atoms with Gasteiger partial charge in [0.05, 0.1) is 36.0 Å². The lowest BCUT2D eigenvalue weighted by atomic mass is 10.2. The topological polar surface area (TPSA) is 87.7 Å². The summed E-state index contributed by atoms with van der Waals surface area (Å²) in [6.45, 7) is 2.21. The molecule has 0 atom stereocenters. The average Bonchev–Trinajstić information content (AvgIpc) is 2.68. The first kappa shape index (κ1) is 19.3. The number of ether oxygens (including phenoxy) is 1. The Hall–Kier alpha value is -2.49. The monoisotopic (exact) mass is 393 g/mol. The molecule has 9 heteroatoms. The maximum absolute atomic E-state index is 12.9. The maximum atomic E-state index is 12.9. The van der Waals surface area contributed by atoms with Gasteiger partial charge in [0.1, 0.15) is 5.82 Å². The van der Waals surface area contributed by atoms with Gasteiger partial charge in [0.2, 0.25) is 15.9 Å². The molecule has 2 aromatic rings. The van der Waals surface area contributed by atoms with Crippen molar-refractivity contribution in [3.63, 3.8) is 0 Å². The molecule has 1 fully saturated rings. The second-order valence-corrected chi connectivity index (χ2v) is 7.71. The number of anilines is 2. The van der Waals surface area contributed by atoms with Crippen molar-refractivity contribution in [2.45, 2.75) is 4.90 Å². The van der Waals surface area contributed by atoms with E-state index in [1.54, 1.807) is 12.1 Å². The van der Waals surface area contributed by atoms with Crippen LogP contribution in [-0.4, -0.2) is 47.2 Å². The molecule has 0 aliphatic carbocycles. The number of carbonyl (C=O) groups excluding carboxylic acids is 1. The maximum Gasteiger partial charge on any atom is 0.241 e. The lowest BCUT2D eigenvalue weighted by molar-refractivity contribution is -0.115. The zero-order chi connectivity index (χ0) is 19.3. The van der Waals surface area contributed by atoms with Gasteiger partial charge in [-0.15, -0.1) is 0 Å². The van der Waals surface area contributed by atoms with Crippen LogP contribution < -0.4 is 14.9 Å². The van der Waals surface area contributed by atoms with Crippen molar-refractivity contribution in [2.75, 3.05) is 43.1 Å². The summed E-state index contributed by atoms with van der Waals surface area (Å²) in [7, 11) is -3.90. The van der Waals surface area contributed by atoms with E-state index >= 15 is 0 Å². The molecule has 2 N–H and O–H groups in total. The van der Waals surface area contributed by atoms with E-state index in [4.69, 9.17) is 4.74 Å². The Morgan fingerprint density at radius 3 is 2.44 bits per heavy atom. The molecule has 0 radical (unpaired) electrons. The van der Waals surface area contributed by atoms with E-state index in [0.717, 1.165) is 30.0 Å². The summed E-state index contributed by atoms with van der Waals surface area (Å²) in [5, 5.41) is 2.73. The molecule has 1 aliphatic heterocycles. The number of halogens is 1. The van der Waals surface area contributed by atoms with Crippen LogP contribution >= 0.6 is 0 Å². The van der Waals surface area contributed by atoms with Crippen LogP contribution in [0.4, 0.5) is 15.8 Å². The van der Waals surface area contributed by atoms with Gasteiger partial charge in [-0.25, -0.2) is 17.5 Å². The van der Waals surface area contributed by atoms with Gasteiger partial charge in [0, 0.05) is 13.1 Å². The van der Waals surface area contributed by atoms with E-state index in [-0.39, 0.29) is 4.90 Å². The van der Waals surface area contributed by atoms with Crippen LogP contribution in [0.5, 0.6) is 0 Å². The number of rotatable bonds is 6. The Balaban J connectivity index is 1.63. The number of amides is 1. The van der Waals surface area contributed by atoms with Crippen LogP contribution in [0.25, 0.3) is 0 Å². The fraction of sp³-hybridized carbons (Fsp3) is 0.278. The van der Waals surface area contributed by atoms with Gasteiger partial charge in [-0.3, -0.25) is 4.79 Å². The molecule has 144 valence electrons. The van der Waals surface area contributed by atoms with Crippen molar-refractivity contribution in [1.29, 1.82) is 0 Å². The van der Waals surface area contributed by atoms with Gasteiger partial charge in [0.15, 0.2) is 0 Å². The predicted octanol–water partition coefficient (Wildman–Crippen LogP) is 1.58. The molecule has 0 bridgehead atoms. The fourth-order valence-corrected chi connectivity index (χ4v) is 3.69.